The van der Waals surface area contributed by atoms with Gasteiger partial charge in [-0.05, 0) is 6.42 Å². The quantitative estimate of drug-likeness (QED) is 0.632. The molecule has 70 valence electrons. The predicted octanol–water partition coefficient (Wildman–Crippen LogP) is -0.384. The van der Waals surface area contributed by atoms with Gasteiger partial charge in [0.1, 0.15) is 6.61 Å². The van der Waals surface area contributed by atoms with E-state index in [0.29, 0.717) is 19.5 Å². The van der Waals surface area contributed by atoms with Crippen LogP contribution < -0.4 is 0 Å². The molecule has 0 aromatic carbocycles. The molecule has 0 saturated carbocycles. The number of aliphatic hydroxyl groups is 1. The number of methoxy groups -OCH3 is 1. The maximum atomic E-state index is 11.1. The first-order chi connectivity index (χ1) is 5.61. The van der Waals surface area contributed by atoms with Crippen molar-refractivity contribution in [3.05, 3.63) is 0 Å². The third-order valence-electron chi connectivity index (χ3n) is 2.25. The minimum absolute atomic E-state index is 0.0457. The molecule has 0 unspecified atom stereocenters. The van der Waals surface area contributed by atoms with Crippen LogP contribution in [-0.4, -0.2) is 48.3 Å². The average Bonchev–Trinajstić information content (AvgIpc) is 1.99. The lowest BCUT2D eigenvalue weighted by Crippen LogP contribution is -2.63. The minimum Gasteiger partial charge on any atom is -0.386 e. The highest BCUT2D eigenvalue weighted by Crippen LogP contribution is 2.23. The Morgan fingerprint density at radius 3 is 2.67 bits per heavy atom. The number of amides is 1. The van der Waals surface area contributed by atoms with E-state index >= 15 is 0 Å². The minimum atomic E-state index is -0.636. The van der Waals surface area contributed by atoms with Crippen molar-refractivity contribution in [1.29, 1.82) is 0 Å². The zero-order valence-corrected chi connectivity index (χ0v) is 7.54. The molecular weight excluding hydrogens is 158 g/mol. The molecule has 0 aromatic heterocycles. The number of hydrogen-bond donors (Lipinski definition) is 1. The molecule has 1 N–H and O–H groups in total. The second kappa shape index (κ2) is 3.41. The van der Waals surface area contributed by atoms with Gasteiger partial charge >= 0.3 is 0 Å². The summed E-state index contributed by atoms with van der Waals surface area (Å²) >= 11 is 0. The van der Waals surface area contributed by atoms with Crippen molar-refractivity contribution in [1.82, 2.24) is 4.90 Å². The van der Waals surface area contributed by atoms with Crippen LogP contribution in [0, 0.1) is 0 Å². The normalized spacial score (nSPS) is 20.4. The zero-order valence-electron chi connectivity index (χ0n) is 7.54. The number of carbonyl (C=O) groups excluding carboxylic acids is 1. The smallest absolute Gasteiger partial charge is 0.248 e. The van der Waals surface area contributed by atoms with E-state index in [2.05, 4.69) is 4.74 Å². The first-order valence-corrected chi connectivity index (χ1v) is 4.10. The Morgan fingerprint density at radius 1 is 1.67 bits per heavy atom. The Balaban J connectivity index is 2.29. The molecule has 1 amide bonds. The van der Waals surface area contributed by atoms with Crippen molar-refractivity contribution in [2.75, 3.05) is 26.8 Å². The monoisotopic (exact) mass is 173 g/mol. The molecule has 0 bridgehead atoms. The summed E-state index contributed by atoms with van der Waals surface area (Å²) in [7, 11) is 1.49. The standard InChI is InChI=1S/C8H15NO3/c1-3-8(11)5-9(6-8)7(10)4-12-2/h11H,3-6H2,1-2H3. The number of β-amino-alcohol motifs (C(OH)–C–C–N with tert-alkyl or cyclic N) is 1. The number of hydrogen-bond acceptors (Lipinski definition) is 3. The van der Waals surface area contributed by atoms with Gasteiger partial charge in [-0.25, -0.2) is 0 Å². The zero-order chi connectivity index (χ0) is 9.19. The molecule has 1 fully saturated rings. The van der Waals surface area contributed by atoms with Gasteiger partial charge in [0.05, 0.1) is 18.7 Å². The van der Waals surface area contributed by atoms with Gasteiger partial charge in [-0.2, -0.15) is 0 Å². The van der Waals surface area contributed by atoms with Gasteiger partial charge in [0.15, 0.2) is 0 Å². The summed E-state index contributed by atoms with van der Waals surface area (Å²) < 4.78 is 4.69. The average molecular weight is 173 g/mol. The topological polar surface area (TPSA) is 49.8 Å². The highest BCUT2D eigenvalue weighted by Gasteiger charge is 2.41. The second-order valence-electron chi connectivity index (χ2n) is 3.26. The molecule has 1 heterocycles. The number of likely N-dealkylation sites (tertiary alicyclic amines) is 1. The van der Waals surface area contributed by atoms with E-state index in [4.69, 9.17) is 0 Å². The van der Waals surface area contributed by atoms with Crippen LogP contribution in [-0.2, 0) is 9.53 Å². The summed E-state index contributed by atoms with van der Waals surface area (Å²) in [6, 6.07) is 0. The fourth-order valence-corrected chi connectivity index (χ4v) is 1.28. The Bertz CT molecular complexity index is 175. The summed E-state index contributed by atoms with van der Waals surface area (Å²) in [6.45, 7) is 2.93. The highest BCUT2D eigenvalue weighted by molar-refractivity contribution is 5.78. The molecule has 1 saturated heterocycles. The predicted molar refractivity (Wildman–Crippen MR) is 43.7 cm³/mol. The summed E-state index contributed by atoms with van der Waals surface area (Å²) in [6.07, 6.45) is 0.698. The van der Waals surface area contributed by atoms with Gasteiger partial charge < -0.3 is 14.7 Å². The van der Waals surface area contributed by atoms with Crippen molar-refractivity contribution in [2.45, 2.75) is 18.9 Å². The molecule has 1 aliphatic rings. The Morgan fingerprint density at radius 2 is 2.25 bits per heavy atom. The summed E-state index contributed by atoms with van der Waals surface area (Å²) in [4.78, 5) is 12.7. The van der Waals surface area contributed by atoms with Crippen molar-refractivity contribution >= 4 is 5.91 Å². The second-order valence-corrected chi connectivity index (χ2v) is 3.26. The van der Waals surface area contributed by atoms with Gasteiger partial charge in [0.25, 0.3) is 0 Å². The van der Waals surface area contributed by atoms with Crippen molar-refractivity contribution in [3.8, 4) is 0 Å². The molecular formula is C8H15NO3. The third kappa shape index (κ3) is 1.76. The molecule has 12 heavy (non-hydrogen) atoms. The van der Waals surface area contributed by atoms with Crippen molar-refractivity contribution in [3.63, 3.8) is 0 Å². The number of carbonyl (C=O) groups is 1. The van der Waals surface area contributed by atoms with Crippen LogP contribution >= 0.6 is 0 Å². The highest BCUT2D eigenvalue weighted by atomic mass is 16.5. The molecule has 4 nitrogen and oxygen atoms in total. The lowest BCUT2D eigenvalue weighted by molar-refractivity contribution is -0.159. The van der Waals surface area contributed by atoms with Crippen molar-refractivity contribution < 1.29 is 14.6 Å². The lowest BCUT2D eigenvalue weighted by atomic mass is 9.91. The van der Waals surface area contributed by atoms with Gasteiger partial charge in [-0.15, -0.1) is 0 Å². The SMILES string of the molecule is CCC1(O)CN(C(=O)COC)C1. The van der Waals surface area contributed by atoms with Crippen LogP contribution in [0.2, 0.25) is 0 Å². The van der Waals surface area contributed by atoms with E-state index in [1.807, 2.05) is 6.92 Å². The molecule has 0 atom stereocenters. The maximum Gasteiger partial charge on any atom is 0.248 e. The van der Waals surface area contributed by atoms with Crippen LogP contribution in [0.25, 0.3) is 0 Å². The molecule has 4 heteroatoms. The van der Waals surface area contributed by atoms with Gasteiger partial charge in [-0.3, -0.25) is 4.79 Å². The van der Waals surface area contributed by atoms with E-state index in [1.165, 1.54) is 7.11 Å². The molecule has 0 spiro atoms. The summed E-state index contributed by atoms with van der Waals surface area (Å²) in [5, 5.41) is 9.57. The van der Waals surface area contributed by atoms with Crippen LogP contribution in [0.5, 0.6) is 0 Å². The van der Waals surface area contributed by atoms with E-state index < -0.39 is 5.60 Å². The molecule has 0 aliphatic carbocycles. The van der Waals surface area contributed by atoms with E-state index in [1.54, 1.807) is 4.90 Å². The van der Waals surface area contributed by atoms with E-state index in [0.717, 1.165) is 0 Å². The maximum absolute atomic E-state index is 11.1. The van der Waals surface area contributed by atoms with Gasteiger partial charge in [0, 0.05) is 7.11 Å². The van der Waals surface area contributed by atoms with Crippen molar-refractivity contribution in [2.24, 2.45) is 0 Å². The number of ether oxygens (including phenoxy) is 1. The third-order valence-corrected chi connectivity index (χ3v) is 2.25. The molecule has 1 aliphatic heterocycles. The molecule has 0 radical (unpaired) electrons. The van der Waals surface area contributed by atoms with Crippen LogP contribution in [0.15, 0.2) is 0 Å². The largest absolute Gasteiger partial charge is 0.386 e. The summed E-state index contributed by atoms with van der Waals surface area (Å²) in [5.74, 6) is -0.0457. The molecule has 1 rings (SSSR count). The van der Waals surface area contributed by atoms with E-state index in [-0.39, 0.29) is 12.5 Å². The number of nitrogens with zero attached hydrogens (tertiary/aromatic N) is 1. The number of rotatable bonds is 3. The summed E-state index contributed by atoms with van der Waals surface area (Å²) in [5.41, 5.74) is -0.636. The van der Waals surface area contributed by atoms with Crippen LogP contribution in [0.1, 0.15) is 13.3 Å². The Hall–Kier alpha value is -0.610. The lowest BCUT2D eigenvalue weighted by Gasteiger charge is -2.45. The first-order valence-electron chi connectivity index (χ1n) is 4.10. The first kappa shape index (κ1) is 9.48. The van der Waals surface area contributed by atoms with Gasteiger partial charge in [-0.1, -0.05) is 6.92 Å². The fraction of sp³-hybridized carbons (Fsp3) is 0.875. The van der Waals surface area contributed by atoms with E-state index in [9.17, 15) is 9.90 Å². The Kier molecular flexibility index (Phi) is 2.69. The van der Waals surface area contributed by atoms with Crippen LogP contribution in [0.4, 0.5) is 0 Å². The Labute approximate surface area is 72.1 Å². The van der Waals surface area contributed by atoms with Gasteiger partial charge in [0.2, 0.25) is 5.91 Å². The fourth-order valence-electron chi connectivity index (χ4n) is 1.28. The van der Waals surface area contributed by atoms with Crippen LogP contribution in [0.3, 0.4) is 0 Å². The molecule has 0 aromatic rings.